The van der Waals surface area contributed by atoms with E-state index in [0.29, 0.717) is 5.75 Å². The summed E-state index contributed by atoms with van der Waals surface area (Å²) in [4.78, 5) is 14.9. The first-order valence-corrected chi connectivity index (χ1v) is 7.20. The first-order chi connectivity index (χ1) is 9.18. The van der Waals surface area contributed by atoms with Gasteiger partial charge in [-0.2, -0.15) is 11.8 Å². The fraction of sp³-hybridized carbons (Fsp3) is 0.143. The number of rotatable bonds is 5. The van der Waals surface area contributed by atoms with Crippen LogP contribution in [0.1, 0.15) is 21.6 Å². The Kier molecular flexibility index (Phi) is 4.82. The first kappa shape index (κ1) is 13.9. The van der Waals surface area contributed by atoms with Crippen molar-refractivity contribution in [2.45, 2.75) is 11.5 Å². The number of halogens is 1. The number of aromatic nitrogens is 1. The average Bonchev–Trinajstić information content (AvgIpc) is 2.41. The summed E-state index contributed by atoms with van der Waals surface area (Å²) in [6, 6.07) is 11.2. The van der Waals surface area contributed by atoms with Crippen molar-refractivity contribution >= 4 is 29.3 Å². The number of carbonyl (C=O) groups is 1. The Hall–Kier alpha value is -1.52. The third kappa shape index (κ3) is 3.72. The van der Waals surface area contributed by atoms with E-state index in [0.717, 1.165) is 21.9 Å². The SMILES string of the molecule is O=C(O)c1ncccc1CSCc1ccccc1Cl. The van der Waals surface area contributed by atoms with Crippen LogP contribution in [0.4, 0.5) is 0 Å². The van der Waals surface area contributed by atoms with Crippen molar-refractivity contribution in [1.29, 1.82) is 0 Å². The maximum absolute atomic E-state index is 11.0. The number of carboxylic acid groups (broad SMARTS) is 1. The number of nitrogens with zero attached hydrogens (tertiary/aromatic N) is 1. The lowest BCUT2D eigenvalue weighted by Crippen LogP contribution is -2.04. The Bertz CT molecular complexity index is 589. The normalized spacial score (nSPS) is 10.4. The molecule has 5 heteroatoms. The topological polar surface area (TPSA) is 50.2 Å². The summed E-state index contributed by atoms with van der Waals surface area (Å²) < 4.78 is 0. The highest BCUT2D eigenvalue weighted by Gasteiger charge is 2.10. The minimum atomic E-state index is -0.992. The molecule has 19 heavy (non-hydrogen) atoms. The molecule has 1 aromatic carbocycles. The third-order valence-electron chi connectivity index (χ3n) is 2.57. The fourth-order valence-electron chi connectivity index (χ4n) is 1.63. The minimum absolute atomic E-state index is 0.120. The molecule has 0 saturated heterocycles. The van der Waals surface area contributed by atoms with E-state index in [1.54, 1.807) is 23.9 Å². The lowest BCUT2D eigenvalue weighted by molar-refractivity contribution is 0.0689. The van der Waals surface area contributed by atoms with Crippen LogP contribution in [-0.2, 0) is 11.5 Å². The van der Waals surface area contributed by atoms with Crippen molar-refractivity contribution in [3.8, 4) is 0 Å². The van der Waals surface area contributed by atoms with E-state index in [1.807, 2.05) is 24.3 Å². The van der Waals surface area contributed by atoms with Gasteiger partial charge in [0, 0.05) is 22.7 Å². The molecule has 0 unspecified atom stereocenters. The number of carboxylic acids is 1. The van der Waals surface area contributed by atoms with E-state index < -0.39 is 5.97 Å². The third-order valence-corrected chi connectivity index (χ3v) is 3.97. The summed E-state index contributed by atoms with van der Waals surface area (Å²) in [7, 11) is 0. The maximum Gasteiger partial charge on any atom is 0.354 e. The Morgan fingerprint density at radius 3 is 2.58 bits per heavy atom. The van der Waals surface area contributed by atoms with Crippen LogP contribution in [0.5, 0.6) is 0 Å². The van der Waals surface area contributed by atoms with Crippen molar-refractivity contribution in [2.75, 3.05) is 0 Å². The molecule has 2 aromatic rings. The first-order valence-electron chi connectivity index (χ1n) is 5.67. The van der Waals surface area contributed by atoms with Crippen LogP contribution in [0.25, 0.3) is 0 Å². The van der Waals surface area contributed by atoms with Gasteiger partial charge in [0.05, 0.1) is 0 Å². The van der Waals surface area contributed by atoms with Gasteiger partial charge >= 0.3 is 5.97 Å². The Labute approximate surface area is 120 Å². The molecule has 98 valence electrons. The van der Waals surface area contributed by atoms with E-state index in [9.17, 15) is 4.79 Å². The van der Waals surface area contributed by atoms with Crippen molar-refractivity contribution in [3.05, 3.63) is 64.4 Å². The molecule has 0 atom stereocenters. The molecule has 0 fully saturated rings. The van der Waals surface area contributed by atoms with Gasteiger partial charge in [-0.3, -0.25) is 0 Å². The molecule has 0 saturated carbocycles. The molecular weight excluding hydrogens is 282 g/mol. The summed E-state index contributed by atoms with van der Waals surface area (Å²) in [6.45, 7) is 0. The number of pyridine rings is 1. The second-order valence-corrected chi connectivity index (χ2v) is 5.29. The van der Waals surface area contributed by atoms with Crippen molar-refractivity contribution in [2.24, 2.45) is 0 Å². The summed E-state index contributed by atoms with van der Waals surface area (Å²) in [5.74, 6) is 0.350. The van der Waals surface area contributed by atoms with Gasteiger partial charge in [-0.25, -0.2) is 9.78 Å². The van der Waals surface area contributed by atoms with Crippen LogP contribution >= 0.6 is 23.4 Å². The van der Waals surface area contributed by atoms with Crippen LogP contribution in [0.3, 0.4) is 0 Å². The monoisotopic (exact) mass is 293 g/mol. The minimum Gasteiger partial charge on any atom is -0.477 e. The Morgan fingerprint density at radius 1 is 1.16 bits per heavy atom. The molecule has 0 amide bonds. The largest absolute Gasteiger partial charge is 0.477 e. The molecule has 1 heterocycles. The summed E-state index contributed by atoms with van der Waals surface area (Å²) in [5.41, 5.74) is 1.90. The summed E-state index contributed by atoms with van der Waals surface area (Å²) >= 11 is 7.69. The number of aromatic carboxylic acids is 1. The quantitative estimate of drug-likeness (QED) is 0.909. The summed E-state index contributed by atoms with van der Waals surface area (Å²) in [5, 5.41) is 9.77. The summed E-state index contributed by atoms with van der Waals surface area (Å²) in [6.07, 6.45) is 1.49. The van der Waals surface area contributed by atoms with Crippen LogP contribution in [0.15, 0.2) is 42.6 Å². The molecule has 0 aliphatic carbocycles. The predicted molar refractivity (Wildman–Crippen MR) is 77.6 cm³/mol. The maximum atomic E-state index is 11.0. The molecule has 0 aliphatic rings. The molecule has 0 spiro atoms. The average molecular weight is 294 g/mol. The number of hydrogen-bond donors (Lipinski definition) is 1. The zero-order valence-corrected chi connectivity index (χ0v) is 11.6. The van der Waals surface area contributed by atoms with Crippen LogP contribution in [0, 0.1) is 0 Å². The van der Waals surface area contributed by atoms with Crippen LogP contribution in [-0.4, -0.2) is 16.1 Å². The van der Waals surface area contributed by atoms with E-state index in [4.69, 9.17) is 16.7 Å². The van der Waals surface area contributed by atoms with E-state index in [1.165, 1.54) is 6.20 Å². The number of benzene rings is 1. The van der Waals surface area contributed by atoms with Crippen LogP contribution < -0.4 is 0 Å². The molecule has 1 N–H and O–H groups in total. The van der Waals surface area contributed by atoms with E-state index in [-0.39, 0.29) is 5.69 Å². The number of thioether (sulfide) groups is 1. The van der Waals surface area contributed by atoms with Gasteiger partial charge in [-0.1, -0.05) is 35.9 Å². The molecule has 0 aliphatic heterocycles. The van der Waals surface area contributed by atoms with E-state index in [2.05, 4.69) is 4.98 Å². The van der Waals surface area contributed by atoms with E-state index >= 15 is 0 Å². The molecule has 2 rings (SSSR count). The molecule has 1 aromatic heterocycles. The second-order valence-electron chi connectivity index (χ2n) is 3.90. The molecular formula is C14H12ClNO2S. The Balaban J connectivity index is 2.00. The van der Waals surface area contributed by atoms with Gasteiger partial charge in [0.25, 0.3) is 0 Å². The highest BCUT2D eigenvalue weighted by atomic mass is 35.5. The van der Waals surface area contributed by atoms with Crippen molar-refractivity contribution in [3.63, 3.8) is 0 Å². The lowest BCUT2D eigenvalue weighted by atomic mass is 10.2. The van der Waals surface area contributed by atoms with Crippen LogP contribution in [0.2, 0.25) is 5.02 Å². The van der Waals surface area contributed by atoms with Gasteiger partial charge in [0.2, 0.25) is 0 Å². The van der Waals surface area contributed by atoms with Crippen molar-refractivity contribution in [1.82, 2.24) is 4.98 Å². The Morgan fingerprint density at radius 2 is 1.84 bits per heavy atom. The predicted octanol–water partition coefficient (Wildman–Crippen LogP) is 3.87. The van der Waals surface area contributed by atoms with Gasteiger partial charge in [-0.15, -0.1) is 0 Å². The van der Waals surface area contributed by atoms with Crippen molar-refractivity contribution < 1.29 is 9.90 Å². The smallest absolute Gasteiger partial charge is 0.354 e. The second kappa shape index (κ2) is 6.59. The standard InChI is InChI=1S/C14H12ClNO2S/c15-12-6-2-1-4-10(12)8-19-9-11-5-3-7-16-13(11)14(17)18/h1-7H,8-9H2,(H,17,18). The van der Waals surface area contributed by atoms with Gasteiger partial charge in [0.1, 0.15) is 0 Å². The van der Waals surface area contributed by atoms with Gasteiger partial charge in [-0.05, 0) is 23.3 Å². The molecule has 0 bridgehead atoms. The fourth-order valence-corrected chi connectivity index (χ4v) is 2.94. The zero-order valence-electron chi connectivity index (χ0n) is 10.0. The lowest BCUT2D eigenvalue weighted by Gasteiger charge is -2.06. The molecule has 3 nitrogen and oxygen atoms in total. The molecule has 0 radical (unpaired) electrons. The zero-order chi connectivity index (χ0) is 13.7. The van der Waals surface area contributed by atoms with Gasteiger partial charge in [0.15, 0.2) is 5.69 Å². The van der Waals surface area contributed by atoms with Gasteiger partial charge < -0.3 is 5.11 Å². The number of hydrogen-bond acceptors (Lipinski definition) is 3. The highest BCUT2D eigenvalue weighted by Crippen LogP contribution is 2.24. The highest BCUT2D eigenvalue weighted by molar-refractivity contribution is 7.97.